The number of benzene rings is 1. The van der Waals surface area contributed by atoms with Crippen molar-refractivity contribution in [3.63, 3.8) is 0 Å². The number of esters is 2. The van der Waals surface area contributed by atoms with E-state index in [9.17, 15) is 79.8 Å². The van der Waals surface area contributed by atoms with Gasteiger partial charge in [-0.05, 0) is 158 Å². The van der Waals surface area contributed by atoms with Crippen molar-refractivity contribution in [1.29, 1.82) is 0 Å². The highest BCUT2D eigenvalue weighted by molar-refractivity contribution is 5.82. The van der Waals surface area contributed by atoms with Crippen molar-refractivity contribution < 1.29 is 151 Å². The Balaban J connectivity index is 1.03. The highest BCUT2D eigenvalue weighted by Gasteiger charge is 2.53. The molecule has 5 aliphatic rings. The number of hydrogen-bond donors (Lipinski definition) is 14. The van der Waals surface area contributed by atoms with E-state index in [0.29, 0.717) is 56.7 Å². The third-order valence-electron chi connectivity index (χ3n) is 22.2. The van der Waals surface area contributed by atoms with Crippen LogP contribution in [-0.2, 0) is 87.2 Å². The number of amides is 4. The van der Waals surface area contributed by atoms with Gasteiger partial charge in [0, 0.05) is 45.2 Å². The summed E-state index contributed by atoms with van der Waals surface area (Å²) in [6.07, 6.45) is -23.6. The molecule has 0 aromatic heterocycles. The summed E-state index contributed by atoms with van der Waals surface area (Å²) in [5.74, 6) is 1.32. The molecule has 676 valence electrons. The average Bonchev–Trinajstić information content (AvgIpc) is 0.774. The van der Waals surface area contributed by atoms with Crippen LogP contribution in [0.15, 0.2) is 11.2 Å². The van der Waals surface area contributed by atoms with Gasteiger partial charge < -0.3 is 143 Å². The first-order valence-electron chi connectivity index (χ1n) is 41.8. The van der Waals surface area contributed by atoms with Crippen LogP contribution in [0.3, 0.4) is 0 Å². The van der Waals surface area contributed by atoms with Crippen LogP contribution in [0.2, 0.25) is 0 Å². The van der Waals surface area contributed by atoms with Gasteiger partial charge >= 0.3 is 24.1 Å². The van der Waals surface area contributed by atoms with Crippen molar-refractivity contribution in [2.45, 2.75) is 338 Å². The first-order chi connectivity index (χ1) is 56.3. The van der Waals surface area contributed by atoms with E-state index >= 15 is 0 Å². The number of fused-ring (bicyclic) bond motifs is 1. The Kier molecular flexibility index (Phi) is 44.0. The molecule has 0 radical (unpaired) electrons. The molecular formula is C80H135N7O31. The van der Waals surface area contributed by atoms with Crippen LogP contribution in [0.1, 0.15) is 194 Å². The summed E-state index contributed by atoms with van der Waals surface area (Å²) in [7, 11) is 2.41. The van der Waals surface area contributed by atoms with E-state index in [4.69, 9.17) is 76.6 Å². The number of methoxy groups -OCH3 is 2. The van der Waals surface area contributed by atoms with E-state index in [1.54, 1.807) is 6.92 Å². The maximum absolute atomic E-state index is 14.0. The summed E-state index contributed by atoms with van der Waals surface area (Å²) in [5.41, 5.74) is 11.0. The van der Waals surface area contributed by atoms with Crippen LogP contribution >= 0.6 is 0 Å². The molecule has 5 aliphatic heterocycles. The van der Waals surface area contributed by atoms with Crippen LogP contribution in [0.25, 0.3) is 10.4 Å². The number of ether oxygens (including phenoxy) is 15. The first kappa shape index (κ1) is 101. The Labute approximate surface area is 690 Å². The van der Waals surface area contributed by atoms with Gasteiger partial charge in [-0.15, -0.1) is 0 Å². The summed E-state index contributed by atoms with van der Waals surface area (Å²) in [6, 6.07) is -0.720. The minimum atomic E-state index is -2.16. The number of aryl methyl sites for hydroxylation is 1. The molecule has 1 aromatic carbocycles. The fourth-order valence-electron chi connectivity index (χ4n) is 14.8. The van der Waals surface area contributed by atoms with E-state index < -0.39 is 185 Å². The lowest BCUT2D eigenvalue weighted by molar-refractivity contribution is -0.347. The zero-order chi connectivity index (χ0) is 86.8. The van der Waals surface area contributed by atoms with Crippen LogP contribution in [0.5, 0.6) is 11.5 Å². The molecule has 4 amide bonds. The van der Waals surface area contributed by atoms with E-state index in [2.05, 4.69) is 65.9 Å². The zero-order valence-electron chi connectivity index (χ0n) is 70.3. The van der Waals surface area contributed by atoms with Crippen LogP contribution < -0.4 is 30.7 Å². The second-order valence-electron chi connectivity index (χ2n) is 32.2. The standard InChI is InChI=1S/C80H135N7O31/c1-12-106-72(100)50(29-16-19-35-82-57(88)31-15-14-18-37-84-87-81)85-78(102)116-70-61(92)55(112-74(105-11)67(70)98)41-109-76-66(97)64(95)60(91)54(114-76)40-111-77-68(99)71(62(93)56(115-77)42-110-75-65(96)63(94)59(90)53(113-75)39-104-10)117-79(103)86-51(73(101)107-13-2)30-17-20-36-83-58(89)43-108-52-38-49-32-34-80(9,118-69(49)48(8)47(52)7)33-23-28-46(6)27-22-26-45(5)25-21-24-44(3)4/h38,44-46,50-51,53-56,59-68,70-71,74-77,90-99H,12-37,39-43H2,1-11H3,(H,82,88)(H,83,89)(H,85,102)(H,86,103)/t45-,46-,50+,51+,53?,54?,55?,56?,59-,60-,61-,62-,63+,64+,65?,66?,67?,68?,70+,71+,74+,75-,76-,77+,80-/m1/s1. The SMILES string of the molecule is CCOC(=O)[C@H](CCCCNC(=O)CCCCCN=[N+]=[N-])NC(=O)O[C@@H]1C(O)[C@@H](OC)OC(CO[C@@H]2OC(CO[C@H]3OC(CO[C@@H]4OC(COC)[C@@H](O)[C@H](O)C4O)[C@@H](O)[C@H](OC(=O)N[C@@H](CCCCNC(=O)COc4cc5c(c(C)c4C)O[C@](C)(CCC[C@H](C)CCC[C@H](C)CCCC(C)C)CC5)C(=O)OCC)C3O)[C@@H](O)[C@H](O)C2O)[C@H]1O. The molecule has 38 heteroatoms. The van der Waals surface area contributed by atoms with Crippen LogP contribution in [0.4, 0.5) is 9.59 Å². The van der Waals surface area contributed by atoms with Crippen molar-refractivity contribution in [2.24, 2.45) is 22.9 Å². The normalized spacial score (nSPS) is 29.9. The third kappa shape index (κ3) is 31.6. The Morgan fingerprint density at radius 3 is 1.50 bits per heavy atom. The summed E-state index contributed by atoms with van der Waals surface area (Å²) >= 11 is 0. The van der Waals surface area contributed by atoms with Gasteiger partial charge in [-0.3, -0.25) is 9.59 Å². The zero-order valence-corrected chi connectivity index (χ0v) is 70.3. The Hall–Kier alpha value is -6.21. The minimum absolute atomic E-state index is 0.0207. The maximum Gasteiger partial charge on any atom is 0.408 e. The number of unbranched alkanes of at least 4 members (excludes halogenated alkanes) is 4. The molecule has 8 unspecified atom stereocenters. The van der Waals surface area contributed by atoms with Gasteiger partial charge in [0.25, 0.3) is 5.91 Å². The monoisotopic (exact) mass is 1690 g/mol. The molecule has 0 aliphatic carbocycles. The number of azide groups is 1. The Morgan fingerprint density at radius 2 is 1.01 bits per heavy atom. The predicted octanol–water partition coefficient (Wildman–Crippen LogP) is 3.55. The van der Waals surface area contributed by atoms with E-state index in [1.165, 1.54) is 52.6 Å². The molecule has 5 heterocycles. The Bertz CT molecular complexity index is 3240. The number of aliphatic hydroxyl groups excluding tert-OH is 10. The van der Waals surface area contributed by atoms with Gasteiger partial charge in [0.1, 0.15) is 115 Å². The number of nitrogens with zero attached hydrogens (tertiary/aromatic N) is 3. The topological polar surface area (TPSA) is 540 Å². The number of alkyl carbamates (subject to hydrolysis) is 2. The molecule has 25 atom stereocenters. The molecule has 1 aromatic rings. The van der Waals surface area contributed by atoms with Crippen LogP contribution in [0, 0.1) is 31.6 Å². The van der Waals surface area contributed by atoms with Crippen molar-refractivity contribution in [3.8, 4) is 11.5 Å². The van der Waals surface area contributed by atoms with Crippen molar-refractivity contribution >= 4 is 35.9 Å². The largest absolute Gasteiger partial charge is 0.487 e. The summed E-state index contributed by atoms with van der Waals surface area (Å²) in [4.78, 5) is 82.1. The first-order valence-corrected chi connectivity index (χ1v) is 41.8. The van der Waals surface area contributed by atoms with Gasteiger partial charge in [-0.2, -0.15) is 0 Å². The molecule has 0 spiro atoms. The second-order valence-corrected chi connectivity index (χ2v) is 32.2. The quantitative estimate of drug-likeness (QED) is 0.0111. The van der Waals surface area contributed by atoms with Gasteiger partial charge in [0.05, 0.1) is 39.6 Å². The van der Waals surface area contributed by atoms with Gasteiger partial charge in [0.2, 0.25) is 5.91 Å². The van der Waals surface area contributed by atoms with Crippen molar-refractivity contribution in [1.82, 2.24) is 21.3 Å². The number of carbonyl (C=O) groups is 6. The molecule has 6 rings (SSSR count). The second kappa shape index (κ2) is 51.7. The molecular weight excluding hydrogens is 1550 g/mol. The number of aliphatic hydroxyl groups is 10. The highest BCUT2D eigenvalue weighted by Crippen LogP contribution is 2.43. The number of rotatable bonds is 51. The lowest BCUT2D eigenvalue weighted by Gasteiger charge is -2.45. The third-order valence-corrected chi connectivity index (χ3v) is 22.2. The number of hydrogen-bond acceptors (Lipinski definition) is 32. The molecule has 0 saturated carbocycles. The summed E-state index contributed by atoms with van der Waals surface area (Å²) in [6.45, 7) is 16.1. The molecule has 4 fully saturated rings. The number of carbonyl (C=O) groups excluding carboxylic acids is 6. The van der Waals surface area contributed by atoms with Crippen LogP contribution in [-0.4, -0.2) is 308 Å². The molecule has 0 bridgehead atoms. The van der Waals surface area contributed by atoms with Gasteiger partial charge in [-0.25, -0.2) is 19.2 Å². The fourth-order valence-corrected chi connectivity index (χ4v) is 14.8. The van der Waals surface area contributed by atoms with Crippen molar-refractivity contribution in [3.05, 3.63) is 33.2 Å². The lowest BCUT2D eigenvalue weighted by Crippen LogP contribution is -2.64. The Morgan fingerprint density at radius 1 is 0.542 bits per heavy atom. The maximum atomic E-state index is 14.0. The molecule has 38 nitrogen and oxygen atoms in total. The van der Waals surface area contributed by atoms with Gasteiger partial charge in [-0.1, -0.05) is 84.2 Å². The van der Waals surface area contributed by atoms with Crippen molar-refractivity contribution in [2.75, 3.05) is 80.1 Å². The van der Waals surface area contributed by atoms with Gasteiger partial charge in [0.15, 0.2) is 44.0 Å². The molecule has 4 saturated heterocycles. The van der Waals surface area contributed by atoms with E-state index in [0.717, 1.165) is 73.5 Å². The number of nitrogens with one attached hydrogen (secondary N) is 4. The highest BCUT2D eigenvalue weighted by atomic mass is 16.8. The lowest BCUT2D eigenvalue weighted by atomic mass is 9.85. The minimum Gasteiger partial charge on any atom is -0.487 e. The average molecular weight is 1690 g/mol. The van der Waals surface area contributed by atoms with E-state index in [1.807, 2.05) is 19.9 Å². The predicted molar refractivity (Wildman–Crippen MR) is 419 cm³/mol. The van der Waals surface area contributed by atoms with E-state index in [-0.39, 0.29) is 76.7 Å². The summed E-state index contributed by atoms with van der Waals surface area (Å²) in [5, 5.41) is 126. The smallest absolute Gasteiger partial charge is 0.408 e. The fraction of sp³-hybridized carbons (Fsp3) is 0.850. The molecule has 14 N–H and O–H groups in total. The summed E-state index contributed by atoms with van der Waals surface area (Å²) < 4.78 is 85.3. The molecule has 118 heavy (non-hydrogen) atoms.